The zero-order chi connectivity index (χ0) is 22.5. The van der Waals surface area contributed by atoms with Crippen molar-refractivity contribution in [3.63, 3.8) is 0 Å². The molecule has 0 aliphatic carbocycles. The van der Waals surface area contributed by atoms with Gasteiger partial charge in [-0.1, -0.05) is 34.8 Å². The van der Waals surface area contributed by atoms with Gasteiger partial charge in [-0.15, -0.1) is 0 Å². The molecule has 4 aliphatic heterocycles. The van der Waals surface area contributed by atoms with Crippen LogP contribution in [0, 0.1) is 18.8 Å². The number of hydrogen-bond acceptors (Lipinski definition) is 4. The fraction of sp³-hybridized carbons (Fsp3) is 0.348. The van der Waals surface area contributed by atoms with E-state index in [2.05, 4.69) is 10.2 Å². The number of nitrogens with one attached hydrogen (secondary N) is 1. The van der Waals surface area contributed by atoms with E-state index in [1.807, 2.05) is 6.92 Å². The second-order valence-electron chi connectivity index (χ2n) is 8.88. The van der Waals surface area contributed by atoms with Crippen molar-refractivity contribution in [2.75, 3.05) is 16.8 Å². The minimum absolute atomic E-state index is 0.205. The molecule has 2 aromatic carbocycles. The second kappa shape index (κ2) is 6.70. The molecule has 0 saturated carbocycles. The fourth-order valence-electron chi connectivity index (χ4n) is 6.34. The highest BCUT2D eigenvalue weighted by molar-refractivity contribution is 6.38. The molecular formula is C23H18Cl3N3O3. The van der Waals surface area contributed by atoms with Crippen LogP contribution in [0.25, 0.3) is 0 Å². The van der Waals surface area contributed by atoms with Gasteiger partial charge in [0.05, 0.1) is 22.5 Å². The van der Waals surface area contributed by atoms with Crippen LogP contribution >= 0.6 is 34.8 Å². The summed E-state index contributed by atoms with van der Waals surface area (Å²) in [6.45, 7) is 2.51. The molecule has 3 saturated heterocycles. The summed E-state index contributed by atoms with van der Waals surface area (Å²) >= 11 is 18.8. The van der Waals surface area contributed by atoms with E-state index in [0.717, 1.165) is 23.3 Å². The van der Waals surface area contributed by atoms with Crippen LogP contribution in [-0.2, 0) is 19.9 Å². The lowest BCUT2D eigenvalue weighted by Crippen LogP contribution is -2.54. The molecule has 4 aliphatic rings. The average molecular weight is 491 g/mol. The van der Waals surface area contributed by atoms with Crippen LogP contribution < -0.4 is 10.2 Å². The summed E-state index contributed by atoms with van der Waals surface area (Å²) in [4.78, 5) is 44.5. The van der Waals surface area contributed by atoms with Crippen molar-refractivity contribution < 1.29 is 14.4 Å². The summed E-state index contributed by atoms with van der Waals surface area (Å²) < 4.78 is 0. The van der Waals surface area contributed by atoms with Crippen molar-refractivity contribution in [1.82, 2.24) is 4.90 Å². The first-order valence-corrected chi connectivity index (χ1v) is 11.6. The Labute approximate surface area is 199 Å². The highest BCUT2D eigenvalue weighted by atomic mass is 35.5. The normalized spacial score (nSPS) is 30.8. The van der Waals surface area contributed by atoms with Crippen molar-refractivity contribution in [2.45, 2.75) is 31.3 Å². The van der Waals surface area contributed by atoms with Crippen molar-refractivity contribution in [2.24, 2.45) is 11.8 Å². The van der Waals surface area contributed by atoms with Gasteiger partial charge in [-0.05, 0) is 62.2 Å². The van der Waals surface area contributed by atoms with E-state index in [0.29, 0.717) is 33.5 Å². The summed E-state index contributed by atoms with van der Waals surface area (Å²) in [5, 5.41) is 4.11. The SMILES string of the molecule is Cc1cc(Cl)cc2c1NC(=O)C21C2C(=O)N(c3ccc(Cl)cc3Cl)C(=O)C2C2CCCN21. The smallest absolute Gasteiger partial charge is 0.250 e. The summed E-state index contributed by atoms with van der Waals surface area (Å²) in [5.74, 6) is -2.50. The zero-order valence-electron chi connectivity index (χ0n) is 17.0. The quantitative estimate of drug-likeness (QED) is 0.602. The van der Waals surface area contributed by atoms with Crippen LogP contribution in [-0.4, -0.2) is 35.2 Å². The zero-order valence-corrected chi connectivity index (χ0v) is 19.3. The van der Waals surface area contributed by atoms with Crippen molar-refractivity contribution in [3.8, 4) is 0 Å². The minimum atomic E-state index is -1.27. The number of hydrogen-bond donors (Lipinski definition) is 1. The van der Waals surface area contributed by atoms with Gasteiger partial charge in [0, 0.05) is 27.3 Å². The maximum Gasteiger partial charge on any atom is 0.250 e. The number of nitrogens with zero attached hydrogens (tertiary/aromatic N) is 2. The fourth-order valence-corrected chi connectivity index (χ4v) is 7.10. The molecule has 1 N–H and O–H groups in total. The lowest BCUT2D eigenvalue weighted by molar-refractivity contribution is -0.135. The molecule has 6 rings (SSSR count). The lowest BCUT2D eigenvalue weighted by atomic mass is 9.75. The Morgan fingerprint density at radius 2 is 1.81 bits per heavy atom. The molecule has 1 spiro atoms. The molecule has 2 aromatic rings. The molecule has 3 fully saturated rings. The summed E-state index contributed by atoms with van der Waals surface area (Å²) in [6, 6.07) is 8.01. The molecule has 4 atom stereocenters. The number of carbonyl (C=O) groups is 3. The van der Waals surface area contributed by atoms with Gasteiger partial charge < -0.3 is 5.32 Å². The molecule has 164 valence electrons. The van der Waals surface area contributed by atoms with Crippen molar-refractivity contribution >= 4 is 63.9 Å². The maximum atomic E-state index is 13.9. The predicted octanol–water partition coefficient (Wildman–Crippen LogP) is 4.39. The number of benzene rings is 2. The minimum Gasteiger partial charge on any atom is -0.324 e. The van der Waals surface area contributed by atoms with Gasteiger partial charge in [-0.3, -0.25) is 19.3 Å². The number of anilines is 2. The van der Waals surface area contributed by atoms with E-state index in [1.165, 1.54) is 6.07 Å². The molecule has 6 nitrogen and oxygen atoms in total. The number of carbonyl (C=O) groups excluding carboxylic acids is 3. The average Bonchev–Trinajstić information content (AvgIpc) is 3.42. The Morgan fingerprint density at radius 3 is 2.56 bits per heavy atom. The van der Waals surface area contributed by atoms with Gasteiger partial charge in [0.1, 0.15) is 5.54 Å². The highest BCUT2D eigenvalue weighted by Crippen LogP contribution is 2.61. The van der Waals surface area contributed by atoms with Gasteiger partial charge in [0.25, 0.3) is 0 Å². The number of aryl methyl sites for hydroxylation is 1. The molecule has 0 aromatic heterocycles. The van der Waals surface area contributed by atoms with Crippen molar-refractivity contribution in [3.05, 3.63) is 56.5 Å². The number of rotatable bonds is 1. The molecule has 0 bridgehead atoms. The molecule has 0 radical (unpaired) electrons. The summed E-state index contributed by atoms with van der Waals surface area (Å²) in [6.07, 6.45) is 1.59. The molecule has 4 heterocycles. The predicted molar refractivity (Wildman–Crippen MR) is 122 cm³/mol. The van der Waals surface area contributed by atoms with E-state index in [1.54, 1.807) is 24.3 Å². The third kappa shape index (κ3) is 2.34. The van der Waals surface area contributed by atoms with Gasteiger partial charge in [-0.25, -0.2) is 4.90 Å². The Morgan fingerprint density at radius 1 is 1.03 bits per heavy atom. The monoisotopic (exact) mass is 489 g/mol. The van der Waals surface area contributed by atoms with E-state index in [-0.39, 0.29) is 22.9 Å². The van der Waals surface area contributed by atoms with Gasteiger partial charge in [0.2, 0.25) is 17.7 Å². The first-order chi connectivity index (χ1) is 15.3. The third-order valence-electron chi connectivity index (χ3n) is 7.41. The van der Waals surface area contributed by atoms with E-state index >= 15 is 0 Å². The van der Waals surface area contributed by atoms with Gasteiger partial charge >= 0.3 is 0 Å². The van der Waals surface area contributed by atoms with E-state index < -0.39 is 23.3 Å². The van der Waals surface area contributed by atoms with Crippen LogP contribution in [0.1, 0.15) is 24.0 Å². The van der Waals surface area contributed by atoms with E-state index in [9.17, 15) is 14.4 Å². The Bertz CT molecular complexity index is 1250. The topological polar surface area (TPSA) is 69.7 Å². The molecule has 3 amide bonds. The molecule has 32 heavy (non-hydrogen) atoms. The first-order valence-electron chi connectivity index (χ1n) is 10.5. The molecular weight excluding hydrogens is 473 g/mol. The van der Waals surface area contributed by atoms with Gasteiger partial charge in [0.15, 0.2) is 0 Å². The van der Waals surface area contributed by atoms with Crippen LogP contribution in [0.3, 0.4) is 0 Å². The van der Waals surface area contributed by atoms with Crippen LogP contribution in [0.5, 0.6) is 0 Å². The largest absolute Gasteiger partial charge is 0.324 e. The maximum absolute atomic E-state index is 13.9. The van der Waals surface area contributed by atoms with Gasteiger partial charge in [-0.2, -0.15) is 0 Å². The molecule has 4 unspecified atom stereocenters. The van der Waals surface area contributed by atoms with E-state index in [4.69, 9.17) is 34.8 Å². The lowest BCUT2D eigenvalue weighted by Gasteiger charge is -2.36. The van der Waals surface area contributed by atoms with Crippen molar-refractivity contribution in [1.29, 1.82) is 0 Å². The number of imide groups is 1. The summed E-state index contributed by atoms with van der Waals surface area (Å²) in [5.41, 5.74) is 1.20. The van der Waals surface area contributed by atoms with Crippen LogP contribution in [0.15, 0.2) is 30.3 Å². The Kier molecular flexibility index (Phi) is 4.29. The Balaban J connectivity index is 1.58. The molecule has 9 heteroatoms. The third-order valence-corrected chi connectivity index (χ3v) is 8.17. The Hall–Kier alpha value is -2.12. The number of halogens is 3. The number of amides is 3. The highest BCUT2D eigenvalue weighted by Gasteiger charge is 2.74. The van der Waals surface area contributed by atoms with Crippen LogP contribution in [0.2, 0.25) is 15.1 Å². The standard InChI is InChI=1S/C23H18Cl3N3O3/c1-10-7-12(25)8-13-19(10)27-22(32)23(13)18-17(16-3-2-6-28(16)23)20(30)29(21(18)31)15-5-4-11(24)9-14(15)26/h4-5,7-9,16-18H,2-3,6H2,1H3,(H,27,32). The first kappa shape index (κ1) is 20.5. The second-order valence-corrected chi connectivity index (χ2v) is 10.2. The number of fused-ring (bicyclic) bond motifs is 7. The summed E-state index contributed by atoms with van der Waals surface area (Å²) in [7, 11) is 0. The van der Waals surface area contributed by atoms with Crippen LogP contribution in [0.4, 0.5) is 11.4 Å².